The van der Waals surface area contributed by atoms with Crippen LogP contribution in [0.4, 0.5) is 4.79 Å². The fourth-order valence-corrected chi connectivity index (χ4v) is 2.11. The van der Waals surface area contributed by atoms with E-state index in [1.54, 1.807) is 4.90 Å². The molecule has 1 atom stereocenters. The summed E-state index contributed by atoms with van der Waals surface area (Å²) < 4.78 is 10.5. The lowest BCUT2D eigenvalue weighted by molar-refractivity contribution is -0.148. The Labute approximate surface area is 115 Å². The highest BCUT2D eigenvalue weighted by Crippen LogP contribution is 2.23. The summed E-state index contributed by atoms with van der Waals surface area (Å²) in [5.74, 6) is -0.254. The summed E-state index contributed by atoms with van der Waals surface area (Å²) in [5.41, 5.74) is -0.511. The van der Waals surface area contributed by atoms with Crippen LogP contribution in [0.2, 0.25) is 0 Å². The van der Waals surface area contributed by atoms with Crippen LogP contribution in [-0.2, 0) is 14.3 Å². The van der Waals surface area contributed by atoms with E-state index < -0.39 is 5.60 Å². The monoisotopic (exact) mass is 271 g/mol. The Bertz CT molecular complexity index is 333. The zero-order chi connectivity index (χ0) is 14.6. The summed E-state index contributed by atoms with van der Waals surface area (Å²) in [5, 5.41) is 0. The fraction of sp³-hybridized carbons (Fsp3) is 0.857. The van der Waals surface area contributed by atoms with Crippen molar-refractivity contribution in [2.45, 2.75) is 71.6 Å². The van der Waals surface area contributed by atoms with Gasteiger partial charge >= 0.3 is 12.1 Å². The number of amides is 1. The molecular weight excluding hydrogens is 246 g/mol. The van der Waals surface area contributed by atoms with Gasteiger partial charge in [-0.05, 0) is 47.5 Å². The Morgan fingerprint density at radius 3 is 2.47 bits per heavy atom. The summed E-state index contributed by atoms with van der Waals surface area (Å²) in [7, 11) is 0. The van der Waals surface area contributed by atoms with Crippen LogP contribution in [0.25, 0.3) is 0 Å². The third kappa shape index (κ3) is 5.49. The second-order valence-corrected chi connectivity index (χ2v) is 6.21. The minimum absolute atomic E-state index is 0.0962. The third-order valence-electron chi connectivity index (χ3n) is 2.77. The molecular formula is C14H25NO4. The van der Waals surface area contributed by atoms with Gasteiger partial charge in [0.1, 0.15) is 5.60 Å². The fourth-order valence-electron chi connectivity index (χ4n) is 2.11. The van der Waals surface area contributed by atoms with Gasteiger partial charge in [-0.15, -0.1) is 0 Å². The smallest absolute Gasteiger partial charge is 0.410 e. The lowest BCUT2D eigenvalue weighted by atomic mass is 10.1. The van der Waals surface area contributed by atoms with E-state index in [-0.39, 0.29) is 30.6 Å². The number of hydrogen-bond donors (Lipinski definition) is 0. The van der Waals surface area contributed by atoms with Gasteiger partial charge in [-0.2, -0.15) is 0 Å². The van der Waals surface area contributed by atoms with Crippen molar-refractivity contribution < 1.29 is 19.1 Å². The highest BCUT2D eigenvalue weighted by molar-refractivity contribution is 5.73. The summed E-state index contributed by atoms with van der Waals surface area (Å²) in [4.78, 5) is 25.3. The lowest BCUT2D eigenvalue weighted by Gasteiger charge is -2.28. The standard InChI is InChI=1S/C14H25NO4/c1-10(2)18-12(16)9-11-7-6-8-15(11)13(17)19-14(3,4)5/h10-11H,6-9H2,1-5H3/t11-/m0/s1. The molecule has 1 heterocycles. The van der Waals surface area contributed by atoms with E-state index in [1.807, 2.05) is 34.6 Å². The van der Waals surface area contributed by atoms with Gasteiger partial charge in [-0.1, -0.05) is 0 Å². The molecule has 1 aliphatic heterocycles. The van der Waals surface area contributed by atoms with Crippen LogP contribution < -0.4 is 0 Å². The zero-order valence-corrected chi connectivity index (χ0v) is 12.6. The quantitative estimate of drug-likeness (QED) is 0.741. The van der Waals surface area contributed by atoms with E-state index in [1.165, 1.54) is 0 Å². The molecule has 5 nitrogen and oxygen atoms in total. The molecule has 0 unspecified atom stereocenters. The van der Waals surface area contributed by atoms with Crippen LogP contribution >= 0.6 is 0 Å². The predicted octanol–water partition coefficient (Wildman–Crippen LogP) is 2.73. The molecule has 1 fully saturated rings. The van der Waals surface area contributed by atoms with Crippen molar-refractivity contribution in [2.75, 3.05) is 6.54 Å². The Hall–Kier alpha value is -1.26. The first-order valence-corrected chi connectivity index (χ1v) is 6.88. The molecule has 0 aliphatic carbocycles. The number of hydrogen-bond acceptors (Lipinski definition) is 4. The highest BCUT2D eigenvalue weighted by Gasteiger charge is 2.33. The van der Waals surface area contributed by atoms with Gasteiger partial charge in [0, 0.05) is 12.6 Å². The number of rotatable bonds is 3. The molecule has 0 saturated carbocycles. The number of nitrogens with zero attached hydrogens (tertiary/aromatic N) is 1. The number of likely N-dealkylation sites (tertiary alicyclic amines) is 1. The first-order chi connectivity index (χ1) is 8.69. The average molecular weight is 271 g/mol. The second kappa shape index (κ2) is 6.26. The van der Waals surface area contributed by atoms with E-state index >= 15 is 0 Å². The molecule has 1 amide bonds. The Morgan fingerprint density at radius 2 is 1.95 bits per heavy atom. The SMILES string of the molecule is CC(C)OC(=O)C[C@@H]1CCCN1C(=O)OC(C)(C)C. The molecule has 110 valence electrons. The minimum Gasteiger partial charge on any atom is -0.463 e. The van der Waals surface area contributed by atoms with E-state index in [9.17, 15) is 9.59 Å². The van der Waals surface area contributed by atoms with Gasteiger partial charge in [0.25, 0.3) is 0 Å². The largest absolute Gasteiger partial charge is 0.463 e. The molecule has 19 heavy (non-hydrogen) atoms. The van der Waals surface area contributed by atoms with Gasteiger partial charge in [0.2, 0.25) is 0 Å². The second-order valence-electron chi connectivity index (χ2n) is 6.21. The van der Waals surface area contributed by atoms with Crippen LogP contribution in [0.3, 0.4) is 0 Å². The number of carbonyl (C=O) groups excluding carboxylic acids is 2. The first-order valence-electron chi connectivity index (χ1n) is 6.88. The van der Waals surface area contributed by atoms with Crippen LogP contribution in [-0.4, -0.2) is 41.3 Å². The predicted molar refractivity (Wildman–Crippen MR) is 71.8 cm³/mol. The van der Waals surface area contributed by atoms with Crippen molar-refractivity contribution in [1.82, 2.24) is 4.90 Å². The molecule has 0 aromatic carbocycles. The molecule has 1 aliphatic rings. The average Bonchev–Trinajstić information content (AvgIpc) is 2.61. The van der Waals surface area contributed by atoms with E-state index in [0.717, 1.165) is 12.8 Å². The maximum absolute atomic E-state index is 12.0. The first kappa shape index (κ1) is 15.8. The van der Waals surface area contributed by atoms with Gasteiger partial charge in [-0.3, -0.25) is 4.79 Å². The number of carbonyl (C=O) groups is 2. The van der Waals surface area contributed by atoms with Crippen molar-refractivity contribution in [3.8, 4) is 0 Å². The van der Waals surface area contributed by atoms with Gasteiger partial charge in [0.15, 0.2) is 0 Å². The molecule has 0 aromatic rings. The van der Waals surface area contributed by atoms with Crippen molar-refractivity contribution in [2.24, 2.45) is 0 Å². The van der Waals surface area contributed by atoms with Crippen molar-refractivity contribution in [3.05, 3.63) is 0 Å². The van der Waals surface area contributed by atoms with Crippen molar-refractivity contribution in [1.29, 1.82) is 0 Å². The zero-order valence-electron chi connectivity index (χ0n) is 12.6. The number of esters is 1. The molecule has 0 aromatic heterocycles. The summed E-state index contributed by atoms with van der Waals surface area (Å²) >= 11 is 0. The van der Waals surface area contributed by atoms with E-state index in [2.05, 4.69) is 0 Å². The Kier molecular flexibility index (Phi) is 5.20. The molecule has 0 N–H and O–H groups in total. The van der Waals surface area contributed by atoms with Crippen molar-refractivity contribution >= 4 is 12.1 Å². The topological polar surface area (TPSA) is 55.8 Å². The van der Waals surface area contributed by atoms with Crippen molar-refractivity contribution in [3.63, 3.8) is 0 Å². The Morgan fingerprint density at radius 1 is 1.32 bits per heavy atom. The maximum Gasteiger partial charge on any atom is 0.410 e. The minimum atomic E-state index is -0.511. The van der Waals surface area contributed by atoms with Gasteiger partial charge in [0.05, 0.1) is 12.5 Å². The summed E-state index contributed by atoms with van der Waals surface area (Å²) in [6.45, 7) is 9.79. The Balaban J connectivity index is 2.54. The molecule has 1 saturated heterocycles. The summed E-state index contributed by atoms with van der Waals surface area (Å²) in [6.07, 6.45) is 1.51. The van der Waals surface area contributed by atoms with Gasteiger partial charge < -0.3 is 14.4 Å². The lowest BCUT2D eigenvalue weighted by Crippen LogP contribution is -2.40. The molecule has 0 spiro atoms. The normalized spacial score (nSPS) is 19.7. The van der Waals surface area contributed by atoms with Crippen LogP contribution in [0.15, 0.2) is 0 Å². The van der Waals surface area contributed by atoms with Crippen LogP contribution in [0.5, 0.6) is 0 Å². The maximum atomic E-state index is 12.0. The van der Waals surface area contributed by atoms with Crippen LogP contribution in [0, 0.1) is 0 Å². The highest BCUT2D eigenvalue weighted by atomic mass is 16.6. The third-order valence-corrected chi connectivity index (χ3v) is 2.77. The molecule has 0 bridgehead atoms. The number of ether oxygens (including phenoxy) is 2. The van der Waals surface area contributed by atoms with E-state index in [4.69, 9.17) is 9.47 Å². The summed E-state index contributed by atoms with van der Waals surface area (Å²) in [6, 6.07) is -0.0962. The van der Waals surface area contributed by atoms with E-state index in [0.29, 0.717) is 6.54 Å². The van der Waals surface area contributed by atoms with Crippen LogP contribution in [0.1, 0.15) is 53.9 Å². The molecule has 5 heteroatoms. The molecule has 0 radical (unpaired) electrons. The van der Waals surface area contributed by atoms with Gasteiger partial charge in [-0.25, -0.2) is 4.79 Å². The molecule has 1 rings (SSSR count).